The average molecular weight is 304 g/mol. The summed E-state index contributed by atoms with van der Waals surface area (Å²) in [4.78, 5) is 11.7. The number of benzene rings is 1. The van der Waals surface area contributed by atoms with Crippen LogP contribution in [0.25, 0.3) is 0 Å². The van der Waals surface area contributed by atoms with Crippen LogP contribution in [0.15, 0.2) is 18.2 Å². The second-order valence-electron chi connectivity index (χ2n) is 4.19. The Balaban J connectivity index is 1.78. The van der Waals surface area contributed by atoms with Crippen molar-refractivity contribution in [3.8, 4) is 0 Å². The molecular weight excluding hydrogens is 289 g/mol. The summed E-state index contributed by atoms with van der Waals surface area (Å²) < 4.78 is 5.30. The van der Waals surface area contributed by atoms with Crippen molar-refractivity contribution in [3.05, 3.63) is 28.2 Å². The molecule has 1 fully saturated rings. The Morgan fingerprint density at radius 2 is 2.26 bits per heavy atom. The Morgan fingerprint density at radius 1 is 1.42 bits per heavy atom. The molecule has 1 aliphatic heterocycles. The maximum Gasteiger partial charge on any atom is 0.319 e. The summed E-state index contributed by atoms with van der Waals surface area (Å²) in [6, 6.07) is 4.79. The van der Waals surface area contributed by atoms with Gasteiger partial charge in [0.05, 0.1) is 23.3 Å². The first-order chi connectivity index (χ1) is 9.15. The Labute approximate surface area is 121 Å². The van der Waals surface area contributed by atoms with Gasteiger partial charge in [-0.3, -0.25) is 0 Å². The molecule has 1 atom stereocenters. The minimum atomic E-state index is -0.286. The van der Waals surface area contributed by atoms with Gasteiger partial charge in [0.2, 0.25) is 0 Å². The molecule has 0 saturated carbocycles. The van der Waals surface area contributed by atoms with Crippen molar-refractivity contribution in [1.82, 2.24) is 10.6 Å². The molecular formula is C12H15Cl2N3O2. The number of amides is 2. The first-order valence-electron chi connectivity index (χ1n) is 5.96. The van der Waals surface area contributed by atoms with E-state index in [0.717, 1.165) is 6.54 Å². The summed E-state index contributed by atoms with van der Waals surface area (Å²) in [5.74, 6) is 0. The zero-order chi connectivity index (χ0) is 13.7. The van der Waals surface area contributed by atoms with E-state index in [0.29, 0.717) is 35.5 Å². The van der Waals surface area contributed by atoms with Crippen LogP contribution in [0.5, 0.6) is 0 Å². The fraction of sp³-hybridized carbons (Fsp3) is 0.417. The van der Waals surface area contributed by atoms with Gasteiger partial charge in [0, 0.05) is 24.8 Å². The quantitative estimate of drug-likeness (QED) is 0.801. The van der Waals surface area contributed by atoms with E-state index in [1.54, 1.807) is 18.2 Å². The van der Waals surface area contributed by atoms with Gasteiger partial charge in [-0.15, -0.1) is 0 Å². The van der Waals surface area contributed by atoms with Gasteiger partial charge in [0.15, 0.2) is 0 Å². The van der Waals surface area contributed by atoms with Crippen molar-refractivity contribution in [2.45, 2.75) is 6.04 Å². The number of carbonyl (C=O) groups is 1. The summed E-state index contributed by atoms with van der Waals surface area (Å²) in [5.41, 5.74) is 0.597. The smallest absolute Gasteiger partial charge is 0.319 e. The lowest BCUT2D eigenvalue weighted by Gasteiger charge is -2.23. The molecule has 7 heteroatoms. The summed E-state index contributed by atoms with van der Waals surface area (Å²) >= 11 is 11.7. The van der Waals surface area contributed by atoms with Crippen LogP contribution in [-0.4, -0.2) is 38.4 Å². The van der Waals surface area contributed by atoms with Gasteiger partial charge in [-0.1, -0.05) is 23.2 Å². The fourth-order valence-electron chi connectivity index (χ4n) is 1.72. The molecule has 19 heavy (non-hydrogen) atoms. The van der Waals surface area contributed by atoms with Gasteiger partial charge in [-0.25, -0.2) is 4.79 Å². The van der Waals surface area contributed by atoms with Crippen LogP contribution in [0.1, 0.15) is 0 Å². The molecule has 3 N–H and O–H groups in total. The second kappa shape index (κ2) is 6.96. The molecule has 1 aromatic carbocycles. The molecule has 0 spiro atoms. The lowest BCUT2D eigenvalue weighted by molar-refractivity contribution is 0.0776. The third-order valence-electron chi connectivity index (χ3n) is 2.68. The van der Waals surface area contributed by atoms with E-state index in [9.17, 15) is 4.79 Å². The number of anilines is 1. The highest BCUT2D eigenvalue weighted by atomic mass is 35.5. The number of carbonyl (C=O) groups excluding carboxylic acids is 1. The number of nitrogens with one attached hydrogen (secondary N) is 3. The Hall–Kier alpha value is -1.01. The number of ether oxygens (including phenoxy) is 1. The largest absolute Gasteiger partial charge is 0.378 e. The first kappa shape index (κ1) is 14.4. The molecule has 1 aromatic rings. The molecule has 1 unspecified atom stereocenters. The number of halogens is 2. The minimum absolute atomic E-state index is 0.147. The zero-order valence-electron chi connectivity index (χ0n) is 10.2. The van der Waals surface area contributed by atoms with Crippen LogP contribution in [0.2, 0.25) is 10.0 Å². The number of hydrogen-bond acceptors (Lipinski definition) is 3. The van der Waals surface area contributed by atoms with Gasteiger partial charge in [0.25, 0.3) is 0 Å². The fourth-order valence-corrected chi connectivity index (χ4v) is 2.01. The first-order valence-corrected chi connectivity index (χ1v) is 6.72. The molecule has 0 aliphatic carbocycles. The summed E-state index contributed by atoms with van der Waals surface area (Å²) in [5, 5.41) is 9.56. The third-order valence-corrected chi connectivity index (χ3v) is 3.42. The van der Waals surface area contributed by atoms with Gasteiger partial charge >= 0.3 is 6.03 Å². The van der Waals surface area contributed by atoms with Crippen LogP contribution < -0.4 is 16.0 Å². The summed E-state index contributed by atoms with van der Waals surface area (Å²) in [6.45, 7) is 2.63. The van der Waals surface area contributed by atoms with E-state index in [1.165, 1.54) is 0 Å². The van der Waals surface area contributed by atoms with Crippen LogP contribution in [0.4, 0.5) is 10.5 Å². The van der Waals surface area contributed by atoms with Gasteiger partial charge in [-0.05, 0) is 18.2 Å². The summed E-state index contributed by atoms with van der Waals surface area (Å²) in [6.07, 6.45) is 0. The highest BCUT2D eigenvalue weighted by molar-refractivity contribution is 6.42. The van der Waals surface area contributed by atoms with E-state index in [2.05, 4.69) is 16.0 Å². The van der Waals surface area contributed by atoms with Crippen molar-refractivity contribution in [2.75, 3.05) is 31.6 Å². The Kier molecular flexibility index (Phi) is 5.27. The minimum Gasteiger partial charge on any atom is -0.378 e. The molecule has 1 saturated heterocycles. The van der Waals surface area contributed by atoms with E-state index in [4.69, 9.17) is 27.9 Å². The van der Waals surface area contributed by atoms with Crippen LogP contribution in [0, 0.1) is 0 Å². The molecule has 104 valence electrons. The summed E-state index contributed by atoms with van der Waals surface area (Å²) in [7, 11) is 0. The van der Waals surface area contributed by atoms with Gasteiger partial charge in [-0.2, -0.15) is 0 Å². The number of morpholine rings is 1. The lowest BCUT2D eigenvalue weighted by atomic mass is 10.3. The van der Waals surface area contributed by atoms with Crippen LogP contribution in [-0.2, 0) is 4.74 Å². The Bertz CT molecular complexity index is 451. The van der Waals surface area contributed by atoms with Gasteiger partial charge in [0.1, 0.15) is 0 Å². The van der Waals surface area contributed by atoms with Crippen molar-refractivity contribution in [1.29, 1.82) is 0 Å². The normalized spacial score (nSPS) is 18.9. The van der Waals surface area contributed by atoms with Crippen molar-refractivity contribution in [3.63, 3.8) is 0 Å². The Morgan fingerprint density at radius 3 is 2.95 bits per heavy atom. The monoisotopic (exact) mass is 303 g/mol. The van der Waals surface area contributed by atoms with Crippen molar-refractivity contribution >= 4 is 34.9 Å². The molecule has 1 aliphatic rings. The molecule has 5 nitrogen and oxygen atoms in total. The highest BCUT2D eigenvalue weighted by Gasteiger charge is 2.13. The third kappa shape index (κ3) is 4.54. The standard InChI is InChI=1S/C12H15Cl2N3O2/c13-10-2-1-8(5-11(10)14)17-12(18)16-6-9-7-19-4-3-15-9/h1-2,5,9,15H,3-4,6-7H2,(H2,16,17,18). The zero-order valence-corrected chi connectivity index (χ0v) is 11.7. The lowest BCUT2D eigenvalue weighted by Crippen LogP contribution is -2.49. The predicted octanol–water partition coefficient (Wildman–Crippen LogP) is 2.10. The highest BCUT2D eigenvalue weighted by Crippen LogP contribution is 2.24. The van der Waals surface area contributed by atoms with Crippen LogP contribution in [0.3, 0.4) is 0 Å². The SMILES string of the molecule is O=C(NCC1COCCN1)Nc1ccc(Cl)c(Cl)c1. The maximum absolute atomic E-state index is 11.7. The predicted molar refractivity (Wildman–Crippen MR) is 76.1 cm³/mol. The second-order valence-corrected chi connectivity index (χ2v) is 5.00. The topological polar surface area (TPSA) is 62.4 Å². The molecule has 0 bridgehead atoms. The van der Waals surface area contributed by atoms with E-state index >= 15 is 0 Å². The molecule has 2 amide bonds. The number of urea groups is 1. The van der Waals surface area contributed by atoms with Crippen molar-refractivity contribution in [2.24, 2.45) is 0 Å². The van der Waals surface area contributed by atoms with E-state index < -0.39 is 0 Å². The maximum atomic E-state index is 11.7. The molecule has 2 rings (SSSR count). The molecule has 1 heterocycles. The van der Waals surface area contributed by atoms with E-state index in [1.807, 2.05) is 0 Å². The molecule has 0 aromatic heterocycles. The molecule has 0 radical (unpaired) electrons. The average Bonchev–Trinajstić information content (AvgIpc) is 2.42. The number of rotatable bonds is 3. The van der Waals surface area contributed by atoms with E-state index in [-0.39, 0.29) is 12.1 Å². The van der Waals surface area contributed by atoms with Crippen LogP contribution >= 0.6 is 23.2 Å². The van der Waals surface area contributed by atoms with Gasteiger partial charge < -0.3 is 20.7 Å². The number of hydrogen-bond donors (Lipinski definition) is 3. The van der Waals surface area contributed by atoms with Crippen molar-refractivity contribution < 1.29 is 9.53 Å².